The number of rotatable bonds is 5. The Morgan fingerprint density at radius 2 is 1.60 bits per heavy atom. The fourth-order valence-corrected chi connectivity index (χ4v) is 1.86. The molecule has 0 aliphatic heterocycles. The largest absolute Gasteiger partial charge is 0.573 e. The average molecular weight is 351 g/mol. The number of ether oxygens (including phenoxy) is 1. The van der Waals surface area contributed by atoms with Gasteiger partial charge < -0.3 is 15.2 Å². The number of carboxylic acids is 1. The predicted molar refractivity (Wildman–Crippen MR) is 84.2 cm³/mol. The Bertz CT molecular complexity index is 781. The van der Waals surface area contributed by atoms with E-state index in [9.17, 15) is 22.8 Å². The SMILES string of the molecule is O=C(O)C=Cc1ccc(NC(=O)c2ccc(OC(F)(F)F)cc2)cc1. The van der Waals surface area contributed by atoms with E-state index in [1.165, 1.54) is 18.2 Å². The highest BCUT2D eigenvalue weighted by Gasteiger charge is 2.31. The molecule has 0 fully saturated rings. The van der Waals surface area contributed by atoms with Crippen LogP contribution in [0, 0.1) is 0 Å². The van der Waals surface area contributed by atoms with E-state index in [-0.39, 0.29) is 5.56 Å². The quantitative estimate of drug-likeness (QED) is 0.800. The van der Waals surface area contributed by atoms with Crippen LogP contribution in [0.4, 0.5) is 18.9 Å². The second-order valence-corrected chi connectivity index (χ2v) is 4.82. The van der Waals surface area contributed by atoms with Crippen LogP contribution in [-0.2, 0) is 4.79 Å². The number of alkyl halides is 3. The van der Waals surface area contributed by atoms with Gasteiger partial charge in [-0.25, -0.2) is 4.79 Å². The topological polar surface area (TPSA) is 75.6 Å². The van der Waals surface area contributed by atoms with Crippen LogP contribution < -0.4 is 10.1 Å². The van der Waals surface area contributed by atoms with Gasteiger partial charge in [0.1, 0.15) is 5.75 Å². The minimum Gasteiger partial charge on any atom is -0.478 e. The van der Waals surface area contributed by atoms with E-state index < -0.39 is 24.0 Å². The van der Waals surface area contributed by atoms with E-state index >= 15 is 0 Å². The molecule has 2 aromatic rings. The molecule has 5 nitrogen and oxygen atoms in total. The fraction of sp³-hybridized carbons (Fsp3) is 0.0588. The number of hydrogen-bond acceptors (Lipinski definition) is 3. The lowest BCUT2D eigenvalue weighted by molar-refractivity contribution is -0.274. The van der Waals surface area contributed by atoms with Crippen molar-refractivity contribution in [3.05, 3.63) is 65.7 Å². The summed E-state index contributed by atoms with van der Waals surface area (Å²) in [4.78, 5) is 22.5. The van der Waals surface area contributed by atoms with E-state index in [0.29, 0.717) is 11.3 Å². The van der Waals surface area contributed by atoms with Crippen molar-refractivity contribution in [2.45, 2.75) is 6.36 Å². The molecule has 0 spiro atoms. The van der Waals surface area contributed by atoms with Crippen LogP contribution in [0.2, 0.25) is 0 Å². The molecule has 130 valence electrons. The van der Waals surface area contributed by atoms with Crippen LogP contribution in [-0.4, -0.2) is 23.3 Å². The Morgan fingerprint density at radius 3 is 2.12 bits per heavy atom. The monoisotopic (exact) mass is 351 g/mol. The van der Waals surface area contributed by atoms with Crippen molar-refractivity contribution in [1.82, 2.24) is 0 Å². The minimum absolute atomic E-state index is 0.157. The highest BCUT2D eigenvalue weighted by atomic mass is 19.4. The van der Waals surface area contributed by atoms with Gasteiger partial charge in [0.25, 0.3) is 5.91 Å². The van der Waals surface area contributed by atoms with Gasteiger partial charge in [-0.15, -0.1) is 13.2 Å². The highest BCUT2D eigenvalue weighted by molar-refractivity contribution is 6.04. The molecular weight excluding hydrogens is 339 g/mol. The van der Waals surface area contributed by atoms with Crippen molar-refractivity contribution in [2.75, 3.05) is 5.32 Å². The minimum atomic E-state index is -4.79. The van der Waals surface area contributed by atoms with Crippen LogP contribution >= 0.6 is 0 Å². The smallest absolute Gasteiger partial charge is 0.478 e. The molecule has 2 N–H and O–H groups in total. The van der Waals surface area contributed by atoms with Crippen LogP contribution in [0.15, 0.2) is 54.6 Å². The maximum absolute atomic E-state index is 12.1. The van der Waals surface area contributed by atoms with Crippen LogP contribution in [0.1, 0.15) is 15.9 Å². The van der Waals surface area contributed by atoms with E-state index in [0.717, 1.165) is 18.2 Å². The number of nitrogens with one attached hydrogen (secondary N) is 1. The maximum Gasteiger partial charge on any atom is 0.573 e. The van der Waals surface area contributed by atoms with Gasteiger partial charge in [0, 0.05) is 17.3 Å². The Kier molecular flexibility index (Phi) is 5.43. The molecular formula is C17H12F3NO4. The van der Waals surface area contributed by atoms with Gasteiger partial charge in [0.2, 0.25) is 0 Å². The van der Waals surface area contributed by atoms with Crippen LogP contribution in [0.5, 0.6) is 5.75 Å². The van der Waals surface area contributed by atoms with Crippen LogP contribution in [0.3, 0.4) is 0 Å². The molecule has 8 heteroatoms. The summed E-state index contributed by atoms with van der Waals surface area (Å²) < 4.78 is 40.0. The zero-order chi connectivity index (χ0) is 18.4. The highest BCUT2D eigenvalue weighted by Crippen LogP contribution is 2.23. The molecule has 25 heavy (non-hydrogen) atoms. The number of carbonyl (C=O) groups is 2. The standard InChI is InChI=1S/C17H12F3NO4/c18-17(19,20)25-14-8-4-12(5-9-14)16(24)21-13-6-1-11(2-7-13)3-10-15(22)23/h1-10H,(H,21,24)(H,22,23). The Hall–Kier alpha value is -3.29. The first-order chi connectivity index (χ1) is 11.7. The molecule has 0 saturated carbocycles. The van der Waals surface area contributed by atoms with E-state index in [1.54, 1.807) is 24.3 Å². The Balaban J connectivity index is 2.00. The number of carbonyl (C=O) groups excluding carboxylic acids is 1. The summed E-state index contributed by atoms with van der Waals surface area (Å²) in [6.07, 6.45) is -2.41. The van der Waals surface area contributed by atoms with Gasteiger partial charge in [0.05, 0.1) is 0 Å². The van der Waals surface area contributed by atoms with Gasteiger partial charge >= 0.3 is 12.3 Å². The molecule has 0 aromatic heterocycles. The molecule has 0 saturated heterocycles. The second kappa shape index (κ2) is 7.52. The summed E-state index contributed by atoms with van der Waals surface area (Å²) in [5.41, 5.74) is 1.24. The normalized spacial score (nSPS) is 11.3. The van der Waals surface area contributed by atoms with Crippen molar-refractivity contribution in [2.24, 2.45) is 0 Å². The van der Waals surface area contributed by atoms with Gasteiger partial charge in [-0.05, 0) is 48.0 Å². The first kappa shape index (κ1) is 18.1. The molecule has 0 aliphatic carbocycles. The third-order valence-corrected chi connectivity index (χ3v) is 2.94. The van der Waals surface area contributed by atoms with Crippen molar-refractivity contribution >= 4 is 23.6 Å². The molecule has 0 radical (unpaired) electrons. The maximum atomic E-state index is 12.1. The lowest BCUT2D eigenvalue weighted by atomic mass is 10.1. The van der Waals surface area contributed by atoms with Crippen molar-refractivity contribution in [3.63, 3.8) is 0 Å². The molecule has 0 bridgehead atoms. The lowest BCUT2D eigenvalue weighted by Crippen LogP contribution is -2.17. The summed E-state index contributed by atoms with van der Waals surface area (Å²) in [7, 11) is 0. The van der Waals surface area contributed by atoms with Gasteiger partial charge in [0.15, 0.2) is 0 Å². The van der Waals surface area contributed by atoms with Crippen molar-refractivity contribution in [1.29, 1.82) is 0 Å². The third-order valence-electron chi connectivity index (χ3n) is 2.94. The zero-order valence-corrected chi connectivity index (χ0v) is 12.6. The zero-order valence-electron chi connectivity index (χ0n) is 12.6. The number of halogens is 3. The number of hydrogen-bond donors (Lipinski definition) is 2. The van der Waals surface area contributed by atoms with Crippen LogP contribution in [0.25, 0.3) is 6.08 Å². The summed E-state index contributed by atoms with van der Waals surface area (Å²) >= 11 is 0. The van der Waals surface area contributed by atoms with E-state index in [4.69, 9.17) is 5.11 Å². The third kappa shape index (κ3) is 6.02. The Morgan fingerprint density at radius 1 is 1.00 bits per heavy atom. The fourth-order valence-electron chi connectivity index (χ4n) is 1.86. The molecule has 0 aliphatic rings. The van der Waals surface area contributed by atoms with Crippen molar-refractivity contribution in [3.8, 4) is 5.75 Å². The number of aliphatic carboxylic acids is 1. The first-order valence-corrected chi connectivity index (χ1v) is 6.91. The molecule has 2 rings (SSSR count). The molecule has 2 aromatic carbocycles. The predicted octanol–water partition coefficient (Wildman–Crippen LogP) is 3.94. The van der Waals surface area contributed by atoms with Gasteiger partial charge in [-0.1, -0.05) is 12.1 Å². The molecule has 0 unspecified atom stereocenters. The summed E-state index contributed by atoms with van der Waals surface area (Å²) in [5.74, 6) is -2.00. The second-order valence-electron chi connectivity index (χ2n) is 4.82. The van der Waals surface area contributed by atoms with Crippen molar-refractivity contribution < 1.29 is 32.6 Å². The number of amides is 1. The molecule has 1 amide bonds. The van der Waals surface area contributed by atoms with E-state index in [2.05, 4.69) is 10.1 Å². The number of anilines is 1. The van der Waals surface area contributed by atoms with Gasteiger partial charge in [-0.2, -0.15) is 0 Å². The summed E-state index contributed by atoms with van der Waals surface area (Å²) in [6.45, 7) is 0. The molecule has 0 heterocycles. The Labute approximate surface area is 140 Å². The first-order valence-electron chi connectivity index (χ1n) is 6.91. The summed E-state index contributed by atoms with van der Waals surface area (Å²) in [6, 6.07) is 10.9. The number of benzene rings is 2. The average Bonchev–Trinajstić information content (AvgIpc) is 2.53. The van der Waals surface area contributed by atoms with Gasteiger partial charge in [-0.3, -0.25) is 4.79 Å². The lowest BCUT2D eigenvalue weighted by Gasteiger charge is -2.09. The number of carboxylic acid groups (broad SMARTS) is 1. The van der Waals surface area contributed by atoms with E-state index in [1.807, 2.05) is 0 Å². The summed E-state index contributed by atoms with van der Waals surface area (Å²) in [5, 5.41) is 11.1. The molecule has 0 atom stereocenters.